The molecule has 6 nitrogen and oxygen atoms in total. The van der Waals surface area contributed by atoms with Crippen LogP contribution in [0.5, 0.6) is 0 Å². The highest BCUT2D eigenvalue weighted by Gasteiger charge is 2.24. The maximum absolute atomic E-state index is 13.7. The quantitative estimate of drug-likeness (QED) is 0.498. The normalized spacial score (nSPS) is 15.4. The molecule has 1 heterocycles. The Hall–Kier alpha value is -3.02. The molecule has 2 aromatic carbocycles. The van der Waals surface area contributed by atoms with Crippen molar-refractivity contribution in [2.75, 3.05) is 13.1 Å². The largest absolute Gasteiger partial charge is 0.458 e. The summed E-state index contributed by atoms with van der Waals surface area (Å²) in [6, 6.07) is 12.0. The van der Waals surface area contributed by atoms with Gasteiger partial charge in [0.15, 0.2) is 0 Å². The zero-order valence-electron chi connectivity index (χ0n) is 17.0. The third-order valence-corrected chi connectivity index (χ3v) is 6.95. The molecule has 31 heavy (non-hydrogen) atoms. The SMILES string of the molecule is N#Cc1ccc(F)c(COC(=O)/C=C/c2ccc(S(=O)(=O)N3CCCCCC3)cc2)c1. The van der Waals surface area contributed by atoms with Gasteiger partial charge in [-0.1, -0.05) is 25.0 Å². The number of esters is 1. The number of ether oxygens (including phenoxy) is 1. The molecule has 0 saturated carbocycles. The molecule has 1 fully saturated rings. The second kappa shape index (κ2) is 10.3. The molecule has 0 unspecified atom stereocenters. The molecule has 0 spiro atoms. The Kier molecular flexibility index (Phi) is 7.55. The van der Waals surface area contributed by atoms with Gasteiger partial charge in [-0.05, 0) is 54.8 Å². The maximum Gasteiger partial charge on any atom is 0.331 e. The van der Waals surface area contributed by atoms with Gasteiger partial charge >= 0.3 is 5.97 Å². The van der Waals surface area contributed by atoms with Crippen LogP contribution in [0.3, 0.4) is 0 Å². The van der Waals surface area contributed by atoms with Crippen molar-refractivity contribution >= 4 is 22.1 Å². The van der Waals surface area contributed by atoms with E-state index in [2.05, 4.69) is 0 Å². The lowest BCUT2D eigenvalue weighted by atomic mass is 10.1. The summed E-state index contributed by atoms with van der Waals surface area (Å²) < 4.78 is 45.9. The van der Waals surface area contributed by atoms with Crippen LogP contribution in [-0.4, -0.2) is 31.8 Å². The van der Waals surface area contributed by atoms with E-state index in [0.717, 1.165) is 31.7 Å². The fourth-order valence-corrected chi connectivity index (χ4v) is 4.82. The predicted molar refractivity (Wildman–Crippen MR) is 114 cm³/mol. The number of sulfonamides is 1. The van der Waals surface area contributed by atoms with Crippen molar-refractivity contribution in [2.24, 2.45) is 0 Å². The molecule has 0 bridgehead atoms. The molecule has 0 aliphatic carbocycles. The van der Waals surface area contributed by atoms with Crippen LogP contribution < -0.4 is 0 Å². The highest BCUT2D eigenvalue weighted by Crippen LogP contribution is 2.21. The van der Waals surface area contributed by atoms with E-state index in [4.69, 9.17) is 10.00 Å². The van der Waals surface area contributed by atoms with Crippen LogP contribution in [0.1, 0.15) is 42.4 Å². The number of hydrogen-bond acceptors (Lipinski definition) is 5. The summed E-state index contributed by atoms with van der Waals surface area (Å²) in [4.78, 5) is 12.1. The van der Waals surface area contributed by atoms with Gasteiger partial charge in [-0.3, -0.25) is 0 Å². The molecule has 0 amide bonds. The van der Waals surface area contributed by atoms with E-state index in [1.807, 2.05) is 6.07 Å². The summed E-state index contributed by atoms with van der Waals surface area (Å²) in [7, 11) is -3.52. The first-order chi connectivity index (χ1) is 14.9. The van der Waals surface area contributed by atoms with E-state index in [9.17, 15) is 17.6 Å². The minimum atomic E-state index is -3.52. The summed E-state index contributed by atoms with van der Waals surface area (Å²) in [5.74, 6) is -1.24. The monoisotopic (exact) mass is 442 g/mol. The van der Waals surface area contributed by atoms with Crippen molar-refractivity contribution in [1.29, 1.82) is 5.26 Å². The Bertz CT molecular complexity index is 1100. The van der Waals surface area contributed by atoms with Crippen LogP contribution in [0.25, 0.3) is 6.08 Å². The summed E-state index contributed by atoms with van der Waals surface area (Å²) >= 11 is 0. The van der Waals surface area contributed by atoms with Gasteiger partial charge < -0.3 is 4.74 Å². The predicted octanol–water partition coefficient (Wildman–Crippen LogP) is 4.02. The van der Waals surface area contributed by atoms with E-state index in [1.165, 1.54) is 40.7 Å². The first kappa shape index (κ1) is 22.7. The minimum absolute atomic E-state index is 0.115. The van der Waals surface area contributed by atoms with Crippen LogP contribution >= 0.6 is 0 Å². The average Bonchev–Trinajstić information content (AvgIpc) is 3.08. The molecule has 3 rings (SSSR count). The standard InChI is InChI=1S/C23H23FN2O4S/c24-22-11-7-19(16-25)15-20(22)17-30-23(27)12-8-18-5-9-21(10-6-18)31(28,29)26-13-3-1-2-4-14-26/h5-12,15H,1-4,13-14,17H2/b12-8+. The van der Waals surface area contributed by atoms with Crippen LogP contribution in [-0.2, 0) is 26.2 Å². The Labute approximate surface area is 181 Å². The molecular weight excluding hydrogens is 419 g/mol. The van der Waals surface area contributed by atoms with E-state index < -0.39 is 21.8 Å². The molecule has 0 aromatic heterocycles. The molecule has 0 atom stereocenters. The number of benzene rings is 2. The highest BCUT2D eigenvalue weighted by atomic mass is 32.2. The highest BCUT2D eigenvalue weighted by molar-refractivity contribution is 7.89. The Morgan fingerprint density at radius 2 is 1.77 bits per heavy atom. The van der Waals surface area contributed by atoms with Crippen LogP contribution in [0.15, 0.2) is 53.4 Å². The molecule has 1 saturated heterocycles. The fraction of sp³-hybridized carbons (Fsp3) is 0.304. The van der Waals surface area contributed by atoms with Crippen LogP contribution in [0.2, 0.25) is 0 Å². The fourth-order valence-electron chi connectivity index (χ4n) is 3.30. The maximum atomic E-state index is 13.7. The third kappa shape index (κ3) is 6.00. The summed E-state index contributed by atoms with van der Waals surface area (Å²) in [5, 5.41) is 8.87. The van der Waals surface area contributed by atoms with Crippen molar-refractivity contribution in [3.63, 3.8) is 0 Å². The number of rotatable bonds is 6. The number of carbonyl (C=O) groups is 1. The zero-order chi connectivity index (χ0) is 22.3. The molecule has 162 valence electrons. The van der Waals surface area contributed by atoms with Crippen molar-refractivity contribution in [1.82, 2.24) is 4.31 Å². The van der Waals surface area contributed by atoms with Crippen LogP contribution in [0.4, 0.5) is 4.39 Å². The second-order valence-electron chi connectivity index (χ2n) is 7.25. The smallest absolute Gasteiger partial charge is 0.331 e. The van der Waals surface area contributed by atoms with Gasteiger partial charge in [0.05, 0.1) is 16.5 Å². The summed E-state index contributed by atoms with van der Waals surface area (Å²) in [6.07, 6.45) is 6.50. The van der Waals surface area contributed by atoms with Gasteiger partial charge in [0.25, 0.3) is 0 Å². The Balaban J connectivity index is 1.60. The number of nitrogens with zero attached hydrogens (tertiary/aromatic N) is 2. The van der Waals surface area contributed by atoms with E-state index in [0.29, 0.717) is 18.7 Å². The number of hydrogen-bond donors (Lipinski definition) is 0. The van der Waals surface area contributed by atoms with Gasteiger partial charge in [0.2, 0.25) is 10.0 Å². The molecule has 2 aromatic rings. The lowest BCUT2D eigenvalue weighted by Crippen LogP contribution is -2.31. The topological polar surface area (TPSA) is 87.5 Å². The van der Waals surface area contributed by atoms with E-state index in [1.54, 1.807) is 12.1 Å². The van der Waals surface area contributed by atoms with E-state index >= 15 is 0 Å². The molecule has 0 radical (unpaired) electrons. The van der Waals surface area contributed by atoms with Crippen molar-refractivity contribution in [3.05, 3.63) is 71.0 Å². The number of halogens is 1. The molecule has 1 aliphatic rings. The number of carbonyl (C=O) groups excluding carboxylic acids is 1. The molecular formula is C23H23FN2O4S. The third-order valence-electron chi connectivity index (χ3n) is 5.04. The molecule has 8 heteroatoms. The van der Waals surface area contributed by atoms with Crippen LogP contribution in [0, 0.1) is 17.1 Å². The molecule has 0 N–H and O–H groups in total. The van der Waals surface area contributed by atoms with Gasteiger partial charge in [0.1, 0.15) is 12.4 Å². The lowest BCUT2D eigenvalue weighted by Gasteiger charge is -2.19. The first-order valence-electron chi connectivity index (χ1n) is 10.0. The lowest BCUT2D eigenvalue weighted by molar-refractivity contribution is -0.138. The Morgan fingerprint density at radius 3 is 2.42 bits per heavy atom. The average molecular weight is 443 g/mol. The zero-order valence-corrected chi connectivity index (χ0v) is 17.8. The second-order valence-corrected chi connectivity index (χ2v) is 9.18. The van der Waals surface area contributed by atoms with Crippen molar-refractivity contribution in [2.45, 2.75) is 37.2 Å². The summed E-state index contributed by atoms with van der Waals surface area (Å²) in [6.45, 7) is 0.777. The van der Waals surface area contributed by atoms with Gasteiger partial charge in [-0.15, -0.1) is 0 Å². The van der Waals surface area contributed by atoms with Gasteiger partial charge in [-0.25, -0.2) is 17.6 Å². The molecule has 1 aliphatic heterocycles. The van der Waals surface area contributed by atoms with E-state index in [-0.39, 0.29) is 22.6 Å². The first-order valence-corrected chi connectivity index (χ1v) is 11.5. The van der Waals surface area contributed by atoms with Crippen molar-refractivity contribution < 1.29 is 22.3 Å². The Morgan fingerprint density at radius 1 is 1.10 bits per heavy atom. The van der Waals surface area contributed by atoms with Crippen molar-refractivity contribution in [3.8, 4) is 6.07 Å². The number of nitriles is 1. The van der Waals surface area contributed by atoms with Gasteiger partial charge in [0, 0.05) is 24.7 Å². The summed E-state index contributed by atoms with van der Waals surface area (Å²) in [5.41, 5.74) is 1.02. The van der Waals surface area contributed by atoms with Gasteiger partial charge in [-0.2, -0.15) is 9.57 Å². The minimum Gasteiger partial charge on any atom is -0.458 e.